The summed E-state index contributed by atoms with van der Waals surface area (Å²) in [7, 11) is -3.03. The summed E-state index contributed by atoms with van der Waals surface area (Å²) in [5.74, 6) is 0. The molecular weight excluding hydrogens is 340 g/mol. The smallest absolute Gasteiger partial charge is 0.211 e. The zero-order chi connectivity index (χ0) is 14.8. The van der Waals surface area contributed by atoms with Crippen molar-refractivity contribution in [1.29, 1.82) is 0 Å². The number of aryl methyl sites for hydroxylation is 1. The van der Waals surface area contributed by atoms with Crippen LogP contribution in [0.5, 0.6) is 0 Å². The van der Waals surface area contributed by atoms with Gasteiger partial charge in [0, 0.05) is 30.1 Å². The third-order valence-electron chi connectivity index (χ3n) is 3.71. The van der Waals surface area contributed by atoms with Crippen LogP contribution in [0.25, 0.3) is 0 Å². The van der Waals surface area contributed by atoms with E-state index in [9.17, 15) is 8.42 Å². The van der Waals surface area contributed by atoms with E-state index in [1.54, 1.807) is 4.31 Å². The lowest BCUT2D eigenvalue weighted by Crippen LogP contribution is -2.44. The molecule has 4 nitrogen and oxygen atoms in total. The molecule has 0 aromatic heterocycles. The van der Waals surface area contributed by atoms with Gasteiger partial charge < -0.3 is 5.32 Å². The summed E-state index contributed by atoms with van der Waals surface area (Å²) >= 11 is 3.58. The van der Waals surface area contributed by atoms with Crippen molar-refractivity contribution in [3.05, 3.63) is 33.8 Å². The van der Waals surface area contributed by atoms with E-state index >= 15 is 0 Å². The highest BCUT2D eigenvalue weighted by atomic mass is 79.9. The average Bonchev–Trinajstić information content (AvgIpc) is 2.37. The highest BCUT2D eigenvalue weighted by molar-refractivity contribution is 9.10. The molecular formula is C14H21BrN2O2S. The predicted molar refractivity (Wildman–Crippen MR) is 85.2 cm³/mol. The van der Waals surface area contributed by atoms with Crippen molar-refractivity contribution in [2.75, 3.05) is 19.3 Å². The van der Waals surface area contributed by atoms with Crippen LogP contribution in [0.2, 0.25) is 0 Å². The summed E-state index contributed by atoms with van der Waals surface area (Å²) in [6.45, 7) is 4.12. The number of benzene rings is 1. The van der Waals surface area contributed by atoms with E-state index in [1.807, 2.05) is 0 Å². The molecule has 1 N–H and O–H groups in total. The topological polar surface area (TPSA) is 49.4 Å². The van der Waals surface area contributed by atoms with E-state index in [-0.39, 0.29) is 0 Å². The second-order valence-electron chi connectivity index (χ2n) is 5.41. The first-order chi connectivity index (χ1) is 9.36. The Bertz CT molecular complexity index is 567. The predicted octanol–water partition coefficient (Wildman–Crippen LogP) is 2.27. The Hall–Kier alpha value is -0.430. The average molecular weight is 361 g/mol. The van der Waals surface area contributed by atoms with E-state index in [0.29, 0.717) is 19.1 Å². The van der Waals surface area contributed by atoms with Gasteiger partial charge in [-0.05, 0) is 37.0 Å². The Kier molecular flexibility index (Phi) is 5.23. The molecule has 1 aliphatic heterocycles. The molecule has 1 aromatic carbocycles. The number of hydrogen-bond donors (Lipinski definition) is 1. The SMILES string of the molecule is Cc1ccc(CNC2CCN(S(C)(=O)=O)CC2)c(Br)c1. The third kappa shape index (κ3) is 4.28. The molecule has 1 aliphatic rings. The summed E-state index contributed by atoms with van der Waals surface area (Å²) in [4.78, 5) is 0. The molecule has 6 heteroatoms. The molecule has 0 spiro atoms. The Balaban J connectivity index is 1.84. The van der Waals surface area contributed by atoms with Crippen LogP contribution in [0.1, 0.15) is 24.0 Å². The van der Waals surface area contributed by atoms with Crippen LogP contribution < -0.4 is 5.32 Å². The number of nitrogens with zero attached hydrogens (tertiary/aromatic N) is 1. The second kappa shape index (κ2) is 6.56. The van der Waals surface area contributed by atoms with Gasteiger partial charge in [-0.3, -0.25) is 0 Å². The van der Waals surface area contributed by atoms with E-state index < -0.39 is 10.0 Å². The molecule has 20 heavy (non-hydrogen) atoms. The van der Waals surface area contributed by atoms with Crippen LogP contribution >= 0.6 is 15.9 Å². The maximum Gasteiger partial charge on any atom is 0.211 e. The Morgan fingerprint density at radius 2 is 2.00 bits per heavy atom. The fourth-order valence-electron chi connectivity index (χ4n) is 2.44. The Labute approximate surface area is 129 Å². The Morgan fingerprint density at radius 3 is 2.55 bits per heavy atom. The maximum atomic E-state index is 11.4. The standard InChI is InChI=1S/C14H21BrN2O2S/c1-11-3-4-12(14(15)9-11)10-16-13-5-7-17(8-6-13)20(2,18)19/h3-4,9,13,16H,5-8,10H2,1-2H3. The van der Waals surface area contributed by atoms with Crippen LogP contribution in [-0.4, -0.2) is 38.1 Å². The first-order valence-electron chi connectivity index (χ1n) is 6.80. The highest BCUT2D eigenvalue weighted by Crippen LogP contribution is 2.19. The lowest BCUT2D eigenvalue weighted by Gasteiger charge is -2.30. The zero-order valence-electron chi connectivity index (χ0n) is 11.9. The highest BCUT2D eigenvalue weighted by Gasteiger charge is 2.24. The number of nitrogens with one attached hydrogen (secondary N) is 1. The quantitative estimate of drug-likeness (QED) is 0.895. The lowest BCUT2D eigenvalue weighted by molar-refractivity contribution is 0.290. The summed E-state index contributed by atoms with van der Waals surface area (Å²) in [5.41, 5.74) is 2.48. The van der Waals surface area contributed by atoms with Gasteiger partial charge in [0.1, 0.15) is 0 Å². The molecule has 0 saturated carbocycles. The van der Waals surface area contributed by atoms with Gasteiger partial charge in [0.2, 0.25) is 10.0 Å². The number of sulfonamides is 1. The molecule has 0 bridgehead atoms. The van der Waals surface area contributed by atoms with Crippen LogP contribution in [0.15, 0.2) is 22.7 Å². The van der Waals surface area contributed by atoms with Gasteiger partial charge in [0.05, 0.1) is 6.26 Å². The van der Waals surface area contributed by atoms with Crippen molar-refractivity contribution in [2.24, 2.45) is 0 Å². The van der Waals surface area contributed by atoms with Crippen LogP contribution in [0, 0.1) is 6.92 Å². The fourth-order valence-corrected chi connectivity index (χ4v) is 3.95. The number of rotatable bonds is 4. The molecule has 0 atom stereocenters. The van der Waals surface area contributed by atoms with Crippen molar-refractivity contribution in [3.63, 3.8) is 0 Å². The van der Waals surface area contributed by atoms with Gasteiger partial charge >= 0.3 is 0 Å². The molecule has 0 unspecified atom stereocenters. The van der Waals surface area contributed by atoms with E-state index in [1.165, 1.54) is 17.4 Å². The summed E-state index contributed by atoms with van der Waals surface area (Å²) in [5, 5.41) is 3.52. The van der Waals surface area contributed by atoms with Crippen molar-refractivity contribution in [2.45, 2.75) is 32.4 Å². The van der Waals surface area contributed by atoms with E-state index in [4.69, 9.17) is 0 Å². The third-order valence-corrected chi connectivity index (χ3v) is 5.75. The largest absolute Gasteiger partial charge is 0.310 e. The van der Waals surface area contributed by atoms with Gasteiger partial charge in [0.25, 0.3) is 0 Å². The van der Waals surface area contributed by atoms with Crippen molar-refractivity contribution in [1.82, 2.24) is 9.62 Å². The van der Waals surface area contributed by atoms with Crippen molar-refractivity contribution in [3.8, 4) is 0 Å². The van der Waals surface area contributed by atoms with E-state index in [2.05, 4.69) is 46.4 Å². The Morgan fingerprint density at radius 1 is 1.35 bits per heavy atom. The molecule has 0 amide bonds. The maximum absolute atomic E-state index is 11.4. The molecule has 1 heterocycles. The number of halogens is 1. The molecule has 112 valence electrons. The number of piperidine rings is 1. The molecule has 0 aliphatic carbocycles. The summed E-state index contributed by atoms with van der Waals surface area (Å²) < 4.78 is 25.6. The van der Waals surface area contributed by atoms with Crippen LogP contribution in [0.3, 0.4) is 0 Å². The fraction of sp³-hybridized carbons (Fsp3) is 0.571. The van der Waals surface area contributed by atoms with Crippen molar-refractivity contribution < 1.29 is 8.42 Å². The molecule has 0 radical (unpaired) electrons. The monoisotopic (exact) mass is 360 g/mol. The molecule has 2 rings (SSSR count). The van der Waals surface area contributed by atoms with Gasteiger partial charge in [-0.15, -0.1) is 0 Å². The minimum absolute atomic E-state index is 0.390. The van der Waals surface area contributed by atoms with Gasteiger partial charge in [-0.1, -0.05) is 28.1 Å². The zero-order valence-corrected chi connectivity index (χ0v) is 14.3. The minimum atomic E-state index is -3.03. The summed E-state index contributed by atoms with van der Waals surface area (Å²) in [6, 6.07) is 6.73. The second-order valence-corrected chi connectivity index (χ2v) is 8.25. The minimum Gasteiger partial charge on any atom is -0.310 e. The molecule has 1 saturated heterocycles. The first-order valence-corrected chi connectivity index (χ1v) is 9.44. The lowest BCUT2D eigenvalue weighted by atomic mass is 10.1. The van der Waals surface area contributed by atoms with E-state index in [0.717, 1.165) is 23.9 Å². The van der Waals surface area contributed by atoms with Gasteiger partial charge in [0.15, 0.2) is 0 Å². The van der Waals surface area contributed by atoms with Gasteiger partial charge in [-0.2, -0.15) is 0 Å². The van der Waals surface area contributed by atoms with Crippen molar-refractivity contribution >= 4 is 26.0 Å². The molecule has 1 aromatic rings. The van der Waals surface area contributed by atoms with Gasteiger partial charge in [-0.25, -0.2) is 12.7 Å². The van der Waals surface area contributed by atoms with Crippen LogP contribution in [-0.2, 0) is 16.6 Å². The molecule has 1 fully saturated rings. The first kappa shape index (κ1) is 15.9. The van der Waals surface area contributed by atoms with Crippen LogP contribution in [0.4, 0.5) is 0 Å². The normalized spacial score (nSPS) is 18.4. The summed E-state index contributed by atoms with van der Waals surface area (Å²) in [6.07, 6.45) is 3.03. The number of hydrogen-bond acceptors (Lipinski definition) is 3.